The van der Waals surface area contributed by atoms with E-state index in [1.54, 1.807) is 0 Å². The lowest BCUT2D eigenvalue weighted by Crippen LogP contribution is -2.23. The van der Waals surface area contributed by atoms with Gasteiger partial charge in [0, 0.05) is 13.0 Å². The second kappa shape index (κ2) is 45.8. The molecule has 0 aliphatic rings. The van der Waals surface area contributed by atoms with Crippen molar-refractivity contribution in [3.8, 4) is 0 Å². The van der Waals surface area contributed by atoms with E-state index in [0.29, 0.717) is 24.4 Å². The number of unbranched alkanes of at least 4 members (excludes halogenated alkanes) is 29. The zero-order chi connectivity index (χ0) is 39.5. The third kappa shape index (κ3) is 44.0. The van der Waals surface area contributed by atoms with E-state index < -0.39 is 0 Å². The minimum absolute atomic E-state index is 0.0261. The smallest absolute Gasteiger partial charge is 0.306 e. The molecule has 0 amide bonds. The van der Waals surface area contributed by atoms with Crippen molar-refractivity contribution in [3.05, 3.63) is 0 Å². The van der Waals surface area contributed by atoms with Crippen LogP contribution >= 0.6 is 0 Å². The number of carbonyl (C=O) groups is 1. The van der Waals surface area contributed by atoms with Crippen LogP contribution in [0.25, 0.3) is 0 Å². The Morgan fingerprint density at radius 1 is 0.358 bits per heavy atom. The predicted molar refractivity (Wildman–Crippen MR) is 238 cm³/mol. The summed E-state index contributed by atoms with van der Waals surface area (Å²) in [5.41, 5.74) is 0. The Kier molecular flexibility index (Phi) is 47.1. The molecule has 0 rings (SSSR count). The van der Waals surface area contributed by atoms with Crippen molar-refractivity contribution in [1.82, 2.24) is 0 Å². The van der Waals surface area contributed by atoms with Crippen LogP contribution in [-0.2, 0) is 14.3 Å². The Morgan fingerprint density at radius 3 is 0.981 bits per heavy atom. The highest BCUT2D eigenvalue weighted by Crippen LogP contribution is 2.20. The van der Waals surface area contributed by atoms with Gasteiger partial charge in [0.1, 0.15) is 6.10 Å². The van der Waals surface area contributed by atoms with Gasteiger partial charge in [-0.3, -0.25) is 4.79 Å². The molecule has 53 heavy (non-hydrogen) atoms. The molecule has 0 fully saturated rings. The molecule has 0 aromatic rings. The maximum atomic E-state index is 12.1. The van der Waals surface area contributed by atoms with Gasteiger partial charge in [-0.05, 0) is 43.9 Å². The lowest BCUT2D eigenvalue weighted by atomic mass is 9.99. The second-order valence-corrected chi connectivity index (χ2v) is 17.5. The van der Waals surface area contributed by atoms with Gasteiger partial charge in [-0.1, -0.05) is 248 Å². The maximum absolute atomic E-state index is 12.1. The van der Waals surface area contributed by atoms with Crippen molar-refractivity contribution in [2.24, 2.45) is 11.8 Å². The molecule has 3 nitrogen and oxygen atoms in total. The quantitative estimate of drug-likeness (QED) is 0.0461. The zero-order valence-electron chi connectivity index (χ0n) is 38.2. The highest BCUT2D eigenvalue weighted by atomic mass is 16.5. The Balaban J connectivity index is 0. The van der Waals surface area contributed by atoms with Crippen LogP contribution in [0.5, 0.6) is 0 Å². The van der Waals surface area contributed by atoms with Crippen molar-refractivity contribution in [2.75, 3.05) is 6.61 Å². The van der Waals surface area contributed by atoms with E-state index in [9.17, 15) is 4.79 Å². The Bertz CT molecular complexity index is 652. The van der Waals surface area contributed by atoms with Crippen molar-refractivity contribution in [1.29, 1.82) is 0 Å². The molecule has 0 radical (unpaired) electrons. The molecule has 3 heteroatoms. The fourth-order valence-electron chi connectivity index (χ4n) is 7.37. The van der Waals surface area contributed by atoms with Crippen molar-refractivity contribution >= 4 is 5.97 Å². The third-order valence-corrected chi connectivity index (χ3v) is 11.3. The third-order valence-electron chi connectivity index (χ3n) is 11.3. The number of carbonyl (C=O) groups excluding carboxylic acids is 1. The highest BCUT2D eigenvalue weighted by molar-refractivity contribution is 5.69. The Morgan fingerprint density at radius 2 is 0.642 bits per heavy atom. The summed E-state index contributed by atoms with van der Waals surface area (Å²) in [7, 11) is 0. The SMILES string of the molecule is CCCCCCCCCCC[C@@H](OC(=O)CCCCCCCCC)C(C)C.CCCCCCCCCCC[C@@H](OCCCCCCCCCC)C(C)C. The molecule has 2 atom stereocenters. The van der Waals surface area contributed by atoms with E-state index >= 15 is 0 Å². The summed E-state index contributed by atoms with van der Waals surface area (Å²) in [6.07, 6.45) is 48.1. The van der Waals surface area contributed by atoms with Crippen LogP contribution in [-0.4, -0.2) is 24.8 Å². The van der Waals surface area contributed by atoms with E-state index in [-0.39, 0.29) is 12.1 Å². The van der Waals surface area contributed by atoms with E-state index in [1.165, 1.54) is 212 Å². The molecule has 0 bridgehead atoms. The van der Waals surface area contributed by atoms with Crippen molar-refractivity contribution in [3.63, 3.8) is 0 Å². The van der Waals surface area contributed by atoms with Gasteiger partial charge in [0.2, 0.25) is 0 Å². The summed E-state index contributed by atoms with van der Waals surface area (Å²) in [6.45, 7) is 19.1. The summed E-state index contributed by atoms with van der Waals surface area (Å²) in [5, 5.41) is 0. The summed E-state index contributed by atoms with van der Waals surface area (Å²) in [4.78, 5) is 12.1. The van der Waals surface area contributed by atoms with Gasteiger partial charge in [-0.15, -0.1) is 0 Å². The number of rotatable bonds is 41. The Hall–Kier alpha value is -0.570. The van der Waals surface area contributed by atoms with Crippen LogP contribution in [0.4, 0.5) is 0 Å². The van der Waals surface area contributed by atoms with Crippen molar-refractivity contribution < 1.29 is 14.3 Å². The molecule has 320 valence electrons. The normalized spacial score (nSPS) is 12.6. The minimum atomic E-state index is 0.0261. The van der Waals surface area contributed by atoms with Crippen LogP contribution in [0.2, 0.25) is 0 Å². The summed E-state index contributed by atoms with van der Waals surface area (Å²) in [6, 6.07) is 0. The zero-order valence-corrected chi connectivity index (χ0v) is 38.2. The number of hydrogen-bond acceptors (Lipinski definition) is 3. The first-order chi connectivity index (χ1) is 25.8. The van der Waals surface area contributed by atoms with Gasteiger partial charge in [0.25, 0.3) is 0 Å². The summed E-state index contributed by atoms with van der Waals surface area (Å²) < 4.78 is 12.0. The molecule has 0 N–H and O–H groups in total. The average Bonchev–Trinajstić information content (AvgIpc) is 3.14. The first kappa shape index (κ1) is 54.5. The monoisotopic (exact) mass is 751 g/mol. The number of ether oxygens (including phenoxy) is 2. The van der Waals surface area contributed by atoms with E-state index in [0.717, 1.165) is 19.4 Å². The molecule has 0 spiro atoms. The van der Waals surface area contributed by atoms with Crippen LogP contribution in [0.15, 0.2) is 0 Å². The largest absolute Gasteiger partial charge is 0.462 e. The standard InChI is InChI=1S/C25H50O2.C25H52O/c1-5-7-9-11-13-14-16-17-19-21-24(23(3)4)27-25(26)22-20-18-15-12-10-8-6-2;1-5-7-9-11-13-15-16-18-20-22-25(24(3)4)26-23-21-19-17-14-12-10-8-6-2/h23-24H,5-22H2,1-4H3;24-25H,5-23H2,1-4H3/t24-;25-/m11/s1. The molecule has 0 unspecified atom stereocenters. The van der Waals surface area contributed by atoms with Crippen molar-refractivity contribution in [2.45, 2.75) is 299 Å². The molecule has 0 saturated heterocycles. The first-order valence-electron chi connectivity index (χ1n) is 24.6. The molecule has 0 heterocycles. The van der Waals surface area contributed by atoms with Crippen LogP contribution < -0.4 is 0 Å². The highest BCUT2D eigenvalue weighted by Gasteiger charge is 2.18. The van der Waals surface area contributed by atoms with E-state index in [2.05, 4.69) is 55.4 Å². The second-order valence-electron chi connectivity index (χ2n) is 17.5. The minimum Gasteiger partial charge on any atom is -0.462 e. The lowest BCUT2D eigenvalue weighted by molar-refractivity contribution is -0.151. The van der Waals surface area contributed by atoms with Crippen LogP contribution in [0, 0.1) is 11.8 Å². The fourth-order valence-corrected chi connectivity index (χ4v) is 7.37. The lowest BCUT2D eigenvalue weighted by Gasteiger charge is -2.21. The maximum Gasteiger partial charge on any atom is 0.306 e. The van der Waals surface area contributed by atoms with Crippen LogP contribution in [0.3, 0.4) is 0 Å². The average molecular weight is 751 g/mol. The molecule has 0 aromatic heterocycles. The van der Waals surface area contributed by atoms with Gasteiger partial charge >= 0.3 is 5.97 Å². The summed E-state index contributed by atoms with van der Waals surface area (Å²) >= 11 is 0. The summed E-state index contributed by atoms with van der Waals surface area (Å²) in [5.74, 6) is 1.12. The van der Waals surface area contributed by atoms with Gasteiger partial charge in [-0.2, -0.15) is 0 Å². The molecule has 0 aliphatic carbocycles. The molecular weight excluding hydrogens is 649 g/mol. The Labute approximate surface area is 336 Å². The predicted octanol–water partition coefficient (Wildman–Crippen LogP) is 17.7. The molecular formula is C50H102O3. The number of hydrogen-bond donors (Lipinski definition) is 0. The molecule has 0 saturated carbocycles. The van der Waals surface area contributed by atoms with E-state index in [1.807, 2.05) is 0 Å². The molecule has 0 aliphatic heterocycles. The fraction of sp³-hybridized carbons (Fsp3) is 0.980. The topological polar surface area (TPSA) is 35.5 Å². The van der Waals surface area contributed by atoms with Gasteiger partial charge in [-0.25, -0.2) is 0 Å². The number of esters is 1. The van der Waals surface area contributed by atoms with E-state index in [4.69, 9.17) is 9.47 Å². The van der Waals surface area contributed by atoms with Gasteiger partial charge < -0.3 is 9.47 Å². The first-order valence-corrected chi connectivity index (χ1v) is 24.6. The van der Waals surface area contributed by atoms with Gasteiger partial charge in [0.05, 0.1) is 6.10 Å². The van der Waals surface area contributed by atoms with Gasteiger partial charge in [0.15, 0.2) is 0 Å². The molecule has 0 aromatic carbocycles. The van der Waals surface area contributed by atoms with Crippen LogP contribution in [0.1, 0.15) is 287 Å².